The molecule has 0 radical (unpaired) electrons. The molecule has 1 aliphatic heterocycles. The first-order valence-corrected chi connectivity index (χ1v) is 16.3. The van der Waals surface area contributed by atoms with Crippen molar-refractivity contribution in [3.8, 4) is 11.1 Å². The van der Waals surface area contributed by atoms with Crippen molar-refractivity contribution in [1.82, 2.24) is 16.0 Å². The van der Waals surface area contributed by atoms with E-state index in [0.29, 0.717) is 12.8 Å². The predicted molar refractivity (Wildman–Crippen MR) is 173 cm³/mol. The predicted octanol–water partition coefficient (Wildman–Crippen LogP) is 4.50. The lowest BCUT2D eigenvalue weighted by Gasteiger charge is -2.30. The summed E-state index contributed by atoms with van der Waals surface area (Å²) in [6.07, 6.45) is 7.27. The van der Waals surface area contributed by atoms with Crippen LogP contribution in [-0.4, -0.2) is 65.9 Å². The van der Waals surface area contributed by atoms with Gasteiger partial charge in [-0.05, 0) is 68.2 Å². The Bertz CT molecular complexity index is 1420. The van der Waals surface area contributed by atoms with Gasteiger partial charge in [0.05, 0.1) is 23.6 Å². The summed E-state index contributed by atoms with van der Waals surface area (Å²) in [5.74, 6) is -1.97. The molecule has 2 aliphatic carbocycles. The van der Waals surface area contributed by atoms with Gasteiger partial charge in [-0.2, -0.15) is 0 Å². The van der Waals surface area contributed by atoms with Crippen molar-refractivity contribution >= 4 is 23.9 Å². The van der Waals surface area contributed by atoms with E-state index >= 15 is 0 Å². The molecule has 1 fully saturated rings. The van der Waals surface area contributed by atoms with Gasteiger partial charge < -0.3 is 30.5 Å². The molecule has 0 unspecified atom stereocenters. The number of carbonyl (C=O) groups excluding carboxylic acids is 4. The number of hydrogen-bond donors (Lipinski definition) is 4. The van der Waals surface area contributed by atoms with Gasteiger partial charge in [-0.15, -0.1) is 0 Å². The zero-order valence-electron chi connectivity index (χ0n) is 26.7. The smallest absolute Gasteiger partial charge is 0.407 e. The first-order chi connectivity index (χ1) is 22.1. The maximum atomic E-state index is 13.3. The highest BCUT2D eigenvalue weighted by molar-refractivity contribution is 5.87. The van der Waals surface area contributed by atoms with E-state index in [4.69, 9.17) is 9.47 Å². The summed E-state index contributed by atoms with van der Waals surface area (Å²) in [5.41, 5.74) is 2.89. The van der Waals surface area contributed by atoms with Gasteiger partial charge in [-0.25, -0.2) is 9.59 Å². The topological polar surface area (TPSA) is 143 Å². The number of hydrogen-bond acceptors (Lipinski definition) is 7. The van der Waals surface area contributed by atoms with E-state index < -0.39 is 35.1 Å². The fraction of sp³-hybridized carbons (Fsp3) is 0.500. The number of allylic oxidation sites excluding steroid dienone is 2. The highest BCUT2D eigenvalue weighted by Crippen LogP contribution is 2.44. The number of aliphatic hydroxyl groups is 1. The number of alkyl carbamates (subject to hydrolysis) is 1. The van der Waals surface area contributed by atoms with Crippen LogP contribution in [0.2, 0.25) is 0 Å². The Kier molecular flexibility index (Phi) is 10.5. The average Bonchev–Trinajstić information content (AvgIpc) is 3.63. The molecule has 4 N–H and O–H groups in total. The van der Waals surface area contributed by atoms with E-state index in [1.165, 1.54) is 0 Å². The largest absolute Gasteiger partial charge is 0.462 e. The Morgan fingerprint density at radius 1 is 1.00 bits per heavy atom. The van der Waals surface area contributed by atoms with E-state index in [2.05, 4.69) is 28.1 Å². The molecule has 3 amide bonds. The molecule has 0 aromatic heterocycles. The van der Waals surface area contributed by atoms with Crippen molar-refractivity contribution in [1.29, 1.82) is 0 Å². The second-order valence-electron chi connectivity index (χ2n) is 13.4. The Hall–Kier alpha value is -4.18. The fourth-order valence-corrected chi connectivity index (χ4v) is 6.72. The van der Waals surface area contributed by atoms with E-state index in [1.807, 2.05) is 48.6 Å². The lowest BCUT2D eigenvalue weighted by Crippen LogP contribution is -2.52. The minimum absolute atomic E-state index is 0.0280. The number of amides is 3. The number of benzene rings is 2. The molecule has 2 atom stereocenters. The molecule has 0 bridgehead atoms. The second kappa shape index (κ2) is 14.5. The zero-order chi connectivity index (χ0) is 32.7. The standard InChI is InChI=1S/C36H45N3O7/c1-35(2)23-46-33(43)30(37-34(44)45-21-29-27-15-8-6-13-25(27)26-14-7-9-16-28(26)29)17-5-3-4-12-24(32(42)39-35)20-31(41)38-36(22-40)18-10-11-19-36/h3-4,6-9,13-16,24,29-30,40H,5,10-12,17-23H2,1-2H3,(H,37,44)(H,38,41)(H,39,42)/t24-,30+/m1/s1. The third-order valence-electron chi connectivity index (χ3n) is 9.24. The first kappa shape index (κ1) is 33.2. The highest BCUT2D eigenvalue weighted by atomic mass is 16.6. The van der Waals surface area contributed by atoms with Crippen molar-refractivity contribution in [3.63, 3.8) is 0 Å². The summed E-state index contributed by atoms with van der Waals surface area (Å²) >= 11 is 0. The lowest BCUT2D eigenvalue weighted by molar-refractivity contribution is -0.149. The lowest BCUT2D eigenvalue weighted by atomic mass is 9.94. The summed E-state index contributed by atoms with van der Waals surface area (Å²) < 4.78 is 11.2. The Balaban J connectivity index is 1.20. The average molecular weight is 632 g/mol. The van der Waals surface area contributed by atoms with Crippen LogP contribution in [0, 0.1) is 5.92 Å². The van der Waals surface area contributed by atoms with Gasteiger partial charge in [-0.3, -0.25) is 9.59 Å². The van der Waals surface area contributed by atoms with Crippen molar-refractivity contribution in [2.45, 2.75) is 88.3 Å². The number of rotatable bonds is 7. The zero-order valence-corrected chi connectivity index (χ0v) is 26.7. The third kappa shape index (κ3) is 7.96. The monoisotopic (exact) mass is 631 g/mol. The molecule has 2 aromatic rings. The molecule has 10 heteroatoms. The highest BCUT2D eigenvalue weighted by Gasteiger charge is 2.36. The van der Waals surface area contributed by atoms with E-state index in [9.17, 15) is 24.3 Å². The minimum Gasteiger partial charge on any atom is -0.462 e. The van der Waals surface area contributed by atoms with Crippen molar-refractivity contribution in [3.05, 3.63) is 71.8 Å². The minimum atomic E-state index is -0.949. The summed E-state index contributed by atoms with van der Waals surface area (Å²) in [7, 11) is 0. The molecular formula is C36H45N3O7. The Morgan fingerprint density at radius 2 is 1.65 bits per heavy atom. The number of nitrogens with one attached hydrogen (secondary N) is 3. The quantitative estimate of drug-likeness (QED) is 0.260. The molecule has 2 aromatic carbocycles. The van der Waals surface area contributed by atoms with Crippen LogP contribution in [-0.2, 0) is 23.9 Å². The summed E-state index contributed by atoms with van der Waals surface area (Å²) in [6, 6.07) is 15.2. The van der Waals surface area contributed by atoms with Crippen LogP contribution in [0.4, 0.5) is 4.79 Å². The van der Waals surface area contributed by atoms with Crippen molar-refractivity contribution < 1.29 is 33.8 Å². The maximum absolute atomic E-state index is 13.3. The molecular weight excluding hydrogens is 586 g/mol. The van der Waals surface area contributed by atoms with Gasteiger partial charge in [0.2, 0.25) is 11.8 Å². The van der Waals surface area contributed by atoms with Gasteiger partial charge in [-0.1, -0.05) is 73.5 Å². The molecule has 246 valence electrons. The molecule has 1 heterocycles. The van der Waals surface area contributed by atoms with Crippen LogP contribution >= 0.6 is 0 Å². The fourth-order valence-electron chi connectivity index (χ4n) is 6.72. The summed E-state index contributed by atoms with van der Waals surface area (Å²) in [4.78, 5) is 52.4. The summed E-state index contributed by atoms with van der Waals surface area (Å²) in [6.45, 7) is 3.34. The summed E-state index contributed by atoms with van der Waals surface area (Å²) in [5, 5.41) is 18.5. The maximum Gasteiger partial charge on any atom is 0.407 e. The molecule has 0 spiro atoms. The van der Waals surface area contributed by atoms with Crippen LogP contribution in [0.3, 0.4) is 0 Å². The number of ether oxygens (including phenoxy) is 2. The molecule has 1 saturated carbocycles. The second-order valence-corrected chi connectivity index (χ2v) is 13.4. The van der Waals surface area contributed by atoms with E-state index in [0.717, 1.165) is 47.9 Å². The molecule has 5 rings (SSSR count). The van der Waals surface area contributed by atoms with E-state index in [1.54, 1.807) is 13.8 Å². The number of aliphatic hydroxyl groups excluding tert-OH is 1. The SMILES string of the molecule is CC1(C)COC(=O)[C@@H](NC(=O)OCC2c3ccccc3-c3ccccc32)CCC=CC[C@H](CC(=O)NC2(CO)CCCC2)C(=O)N1. The molecule has 3 aliphatic rings. The molecule has 0 saturated heterocycles. The number of fused-ring (bicyclic) bond motifs is 3. The number of esters is 1. The van der Waals surface area contributed by atoms with Gasteiger partial charge in [0.15, 0.2) is 0 Å². The van der Waals surface area contributed by atoms with Gasteiger partial charge in [0.25, 0.3) is 0 Å². The number of cyclic esters (lactones) is 1. The Labute approximate surface area is 270 Å². The van der Waals surface area contributed by atoms with E-state index in [-0.39, 0.29) is 50.4 Å². The normalized spacial score (nSPS) is 22.6. The number of carbonyl (C=O) groups is 4. The van der Waals surface area contributed by atoms with Crippen LogP contribution in [0.1, 0.15) is 82.3 Å². The molecule has 10 nitrogen and oxygen atoms in total. The Morgan fingerprint density at radius 3 is 2.30 bits per heavy atom. The third-order valence-corrected chi connectivity index (χ3v) is 9.24. The molecule has 46 heavy (non-hydrogen) atoms. The van der Waals surface area contributed by atoms with Crippen LogP contribution < -0.4 is 16.0 Å². The van der Waals surface area contributed by atoms with Crippen LogP contribution in [0.5, 0.6) is 0 Å². The van der Waals surface area contributed by atoms with Gasteiger partial charge >= 0.3 is 12.1 Å². The van der Waals surface area contributed by atoms with Gasteiger partial charge in [0.1, 0.15) is 19.3 Å². The van der Waals surface area contributed by atoms with Gasteiger partial charge in [0, 0.05) is 12.3 Å². The van der Waals surface area contributed by atoms with Crippen molar-refractivity contribution in [2.75, 3.05) is 19.8 Å². The van der Waals surface area contributed by atoms with Crippen LogP contribution in [0.25, 0.3) is 11.1 Å². The van der Waals surface area contributed by atoms with Crippen molar-refractivity contribution in [2.24, 2.45) is 5.92 Å². The first-order valence-electron chi connectivity index (χ1n) is 16.3. The van der Waals surface area contributed by atoms with Crippen LogP contribution in [0.15, 0.2) is 60.7 Å².